The minimum atomic E-state index is -4.76. The third-order valence-corrected chi connectivity index (χ3v) is 6.85. The fourth-order valence-corrected chi connectivity index (χ4v) is 4.80. The lowest BCUT2D eigenvalue weighted by Crippen LogP contribution is -2.17. The third kappa shape index (κ3) is 7.21. The molecule has 0 unspecified atom stereocenters. The van der Waals surface area contributed by atoms with Crippen LogP contribution in [0.4, 0.5) is 13.2 Å². The van der Waals surface area contributed by atoms with Crippen molar-refractivity contribution in [1.82, 2.24) is 9.55 Å². The van der Waals surface area contributed by atoms with Gasteiger partial charge >= 0.3 is 12.3 Å². The first-order valence-electron chi connectivity index (χ1n) is 12.5. The minimum Gasteiger partial charge on any atom is -0.478 e. The van der Waals surface area contributed by atoms with Crippen LogP contribution >= 0.6 is 23.2 Å². The van der Waals surface area contributed by atoms with Crippen LogP contribution in [0.1, 0.15) is 27.3 Å². The number of alkyl halides is 3. The maximum atomic E-state index is 12.6. The number of imidazole rings is 1. The fourth-order valence-electron chi connectivity index (χ4n) is 4.30. The molecule has 212 valence electrons. The van der Waals surface area contributed by atoms with Crippen molar-refractivity contribution in [2.75, 3.05) is 0 Å². The predicted molar refractivity (Wildman–Crippen MR) is 158 cm³/mol. The quantitative estimate of drug-likeness (QED) is 0.191. The number of benzene rings is 4. The molecule has 4 aromatic carbocycles. The minimum absolute atomic E-state index is 0.196. The van der Waals surface area contributed by atoms with E-state index in [9.17, 15) is 23.1 Å². The highest BCUT2D eigenvalue weighted by molar-refractivity contribution is 6.36. The molecule has 0 radical (unpaired) electrons. The molecule has 0 aliphatic rings. The Hall–Kier alpha value is -4.53. The molecular formula is C32H21Cl2F3N2O3. The van der Waals surface area contributed by atoms with Crippen molar-refractivity contribution in [1.29, 1.82) is 0 Å². The SMILES string of the molecule is O=C(O)c1ccc(Cn2cc(-c3ccc(Cl)cc3Cl)nc2C=Cc2ccc(-c3cccc(OC(F)(F)F)c3)cc2)cc1. The van der Waals surface area contributed by atoms with E-state index in [4.69, 9.17) is 28.2 Å². The van der Waals surface area contributed by atoms with Crippen molar-refractivity contribution >= 4 is 41.3 Å². The normalized spacial score (nSPS) is 11.6. The molecule has 5 rings (SSSR count). The van der Waals surface area contributed by atoms with Gasteiger partial charge in [0, 0.05) is 23.3 Å². The van der Waals surface area contributed by atoms with E-state index in [1.165, 1.54) is 18.2 Å². The Morgan fingerprint density at radius 2 is 1.64 bits per heavy atom. The molecule has 0 bridgehead atoms. The summed E-state index contributed by atoms with van der Waals surface area (Å²) in [5, 5.41) is 10.2. The molecule has 0 aliphatic carbocycles. The van der Waals surface area contributed by atoms with Gasteiger partial charge in [0.2, 0.25) is 0 Å². The van der Waals surface area contributed by atoms with E-state index in [2.05, 4.69) is 4.74 Å². The molecule has 10 heteroatoms. The Labute approximate surface area is 249 Å². The smallest absolute Gasteiger partial charge is 0.478 e. The lowest BCUT2D eigenvalue weighted by Gasteiger charge is -2.10. The number of carbonyl (C=O) groups is 1. The van der Waals surface area contributed by atoms with Crippen LogP contribution in [0.3, 0.4) is 0 Å². The van der Waals surface area contributed by atoms with Crippen LogP contribution in [0.15, 0.2) is 97.2 Å². The zero-order chi connectivity index (χ0) is 29.9. The number of nitrogens with zero attached hydrogens (tertiary/aromatic N) is 2. The van der Waals surface area contributed by atoms with Crippen molar-refractivity contribution in [2.45, 2.75) is 12.9 Å². The largest absolute Gasteiger partial charge is 0.573 e. The predicted octanol–water partition coefficient (Wildman–Crippen LogP) is 9.34. The Kier molecular flexibility index (Phi) is 8.38. The van der Waals surface area contributed by atoms with E-state index >= 15 is 0 Å². The number of carboxylic acids is 1. The Morgan fingerprint density at radius 1 is 0.905 bits per heavy atom. The molecule has 0 saturated heterocycles. The molecule has 0 saturated carbocycles. The first-order chi connectivity index (χ1) is 20.0. The lowest BCUT2D eigenvalue weighted by molar-refractivity contribution is -0.274. The molecule has 1 aromatic heterocycles. The second-order valence-corrected chi connectivity index (χ2v) is 10.1. The highest BCUT2D eigenvalue weighted by atomic mass is 35.5. The monoisotopic (exact) mass is 608 g/mol. The number of rotatable bonds is 8. The van der Waals surface area contributed by atoms with Crippen molar-refractivity contribution in [3.63, 3.8) is 0 Å². The van der Waals surface area contributed by atoms with Gasteiger partial charge in [0.25, 0.3) is 0 Å². The average Bonchev–Trinajstić information content (AvgIpc) is 3.33. The molecule has 5 aromatic rings. The van der Waals surface area contributed by atoms with Gasteiger partial charge in [-0.1, -0.05) is 77.8 Å². The van der Waals surface area contributed by atoms with Crippen molar-refractivity contribution in [3.8, 4) is 28.1 Å². The molecule has 0 fully saturated rings. The van der Waals surface area contributed by atoms with Crippen LogP contribution in [0, 0.1) is 0 Å². The van der Waals surface area contributed by atoms with E-state index < -0.39 is 12.3 Å². The van der Waals surface area contributed by atoms with Gasteiger partial charge in [-0.15, -0.1) is 13.2 Å². The van der Waals surface area contributed by atoms with E-state index in [1.54, 1.807) is 48.5 Å². The number of carboxylic acid groups (broad SMARTS) is 1. The van der Waals surface area contributed by atoms with E-state index in [0.29, 0.717) is 39.2 Å². The van der Waals surface area contributed by atoms with Crippen LogP contribution in [-0.2, 0) is 6.54 Å². The van der Waals surface area contributed by atoms with Gasteiger partial charge in [-0.2, -0.15) is 0 Å². The summed E-state index contributed by atoms with van der Waals surface area (Å²) in [5.74, 6) is -0.662. The van der Waals surface area contributed by atoms with Gasteiger partial charge in [0.1, 0.15) is 11.6 Å². The second-order valence-electron chi connectivity index (χ2n) is 9.27. The van der Waals surface area contributed by atoms with Crippen LogP contribution in [0.5, 0.6) is 5.75 Å². The first kappa shape index (κ1) is 29.0. The number of ether oxygens (including phenoxy) is 1. The zero-order valence-corrected chi connectivity index (χ0v) is 23.2. The van der Waals surface area contributed by atoms with Gasteiger partial charge in [0.15, 0.2) is 0 Å². The summed E-state index contributed by atoms with van der Waals surface area (Å²) in [6.45, 7) is 0.424. The summed E-state index contributed by atoms with van der Waals surface area (Å²) in [4.78, 5) is 16.0. The lowest BCUT2D eigenvalue weighted by atomic mass is 10.0. The van der Waals surface area contributed by atoms with E-state index in [-0.39, 0.29) is 11.3 Å². The number of aromatic carboxylic acids is 1. The van der Waals surface area contributed by atoms with Crippen molar-refractivity contribution in [3.05, 3.63) is 130 Å². The standard InChI is InChI=1S/C32H21Cl2F3N2O3/c33-25-13-14-27(28(34)17-25)29-19-39(18-21-6-11-23(12-7-21)31(40)41)30(38-29)15-8-20-4-9-22(10-5-20)24-2-1-3-26(16-24)42-32(35,36)37/h1-17,19H,18H2,(H,40,41). The topological polar surface area (TPSA) is 64.3 Å². The zero-order valence-electron chi connectivity index (χ0n) is 21.6. The van der Waals surface area contributed by atoms with Crippen molar-refractivity contribution in [2.24, 2.45) is 0 Å². The third-order valence-electron chi connectivity index (χ3n) is 6.30. The van der Waals surface area contributed by atoms with Gasteiger partial charge in [-0.3, -0.25) is 0 Å². The highest BCUT2D eigenvalue weighted by Crippen LogP contribution is 2.31. The van der Waals surface area contributed by atoms with E-state index in [1.807, 2.05) is 47.2 Å². The highest BCUT2D eigenvalue weighted by Gasteiger charge is 2.31. The van der Waals surface area contributed by atoms with Gasteiger partial charge < -0.3 is 14.4 Å². The molecule has 1 N–H and O–H groups in total. The maximum absolute atomic E-state index is 12.6. The molecule has 0 amide bonds. The summed E-state index contributed by atoms with van der Waals surface area (Å²) < 4.78 is 43.8. The molecular weight excluding hydrogens is 588 g/mol. The summed E-state index contributed by atoms with van der Waals surface area (Å²) >= 11 is 12.5. The molecule has 0 atom stereocenters. The Bertz CT molecular complexity index is 1760. The molecule has 42 heavy (non-hydrogen) atoms. The molecule has 5 nitrogen and oxygen atoms in total. The summed E-state index contributed by atoms with van der Waals surface area (Å²) in [7, 11) is 0. The van der Waals surface area contributed by atoms with Gasteiger partial charge in [-0.05, 0) is 70.8 Å². The van der Waals surface area contributed by atoms with Crippen LogP contribution in [0.25, 0.3) is 34.5 Å². The second kappa shape index (κ2) is 12.1. The Balaban J connectivity index is 1.42. The van der Waals surface area contributed by atoms with Gasteiger partial charge in [0.05, 0.1) is 16.3 Å². The van der Waals surface area contributed by atoms with Crippen LogP contribution < -0.4 is 4.74 Å². The molecule has 0 aliphatic heterocycles. The van der Waals surface area contributed by atoms with Crippen molar-refractivity contribution < 1.29 is 27.8 Å². The number of halogens is 5. The molecule has 1 heterocycles. The maximum Gasteiger partial charge on any atom is 0.573 e. The van der Waals surface area contributed by atoms with Crippen LogP contribution in [0.2, 0.25) is 10.0 Å². The van der Waals surface area contributed by atoms with E-state index in [0.717, 1.165) is 16.7 Å². The Morgan fingerprint density at radius 3 is 2.31 bits per heavy atom. The number of hydrogen-bond donors (Lipinski definition) is 1. The summed E-state index contributed by atoms with van der Waals surface area (Å²) in [6.07, 6.45) is 0.803. The number of hydrogen-bond acceptors (Lipinski definition) is 3. The average molecular weight is 609 g/mol. The first-order valence-corrected chi connectivity index (χ1v) is 13.3. The van der Waals surface area contributed by atoms with Crippen LogP contribution in [-0.4, -0.2) is 27.0 Å². The fraction of sp³-hybridized carbons (Fsp3) is 0.0625. The molecule has 0 spiro atoms. The summed E-state index contributed by atoms with van der Waals surface area (Å²) in [6, 6.07) is 24.9. The summed E-state index contributed by atoms with van der Waals surface area (Å²) in [5.41, 5.74) is 4.56. The van der Waals surface area contributed by atoms with Gasteiger partial charge in [-0.25, -0.2) is 9.78 Å². The number of aromatic nitrogens is 2.